The summed E-state index contributed by atoms with van der Waals surface area (Å²) in [5.41, 5.74) is 0.704. The molecular weight excluding hydrogens is 482 g/mol. The highest BCUT2D eigenvalue weighted by Gasteiger charge is 2.31. The molecule has 2 aromatic carbocycles. The lowest BCUT2D eigenvalue weighted by atomic mass is 10.3. The molecule has 0 unspecified atom stereocenters. The molecule has 32 heavy (non-hydrogen) atoms. The molecule has 3 rings (SSSR count). The lowest BCUT2D eigenvalue weighted by Crippen LogP contribution is -2.49. The summed E-state index contributed by atoms with van der Waals surface area (Å²) >= 11 is 11.9. The second-order valence-corrected chi connectivity index (χ2v) is 9.81. The molecule has 2 N–H and O–H groups in total. The van der Waals surface area contributed by atoms with Crippen molar-refractivity contribution in [1.82, 2.24) is 9.21 Å². The van der Waals surface area contributed by atoms with Gasteiger partial charge in [-0.1, -0.05) is 23.2 Å². The van der Waals surface area contributed by atoms with Gasteiger partial charge in [0.1, 0.15) is 10.7 Å². The number of sulfonamides is 1. The van der Waals surface area contributed by atoms with E-state index in [1.165, 1.54) is 35.5 Å². The van der Waals surface area contributed by atoms with Crippen molar-refractivity contribution in [3.63, 3.8) is 0 Å². The number of anilines is 2. The van der Waals surface area contributed by atoms with Gasteiger partial charge in [-0.3, -0.25) is 9.59 Å². The Morgan fingerprint density at radius 2 is 1.66 bits per heavy atom. The Hall–Kier alpha value is -2.40. The predicted octanol–water partition coefficient (Wildman–Crippen LogP) is 3.04. The van der Waals surface area contributed by atoms with Gasteiger partial charge >= 0.3 is 0 Å². The number of carbonyl (C=O) groups excluding carboxylic acids is 2. The fourth-order valence-electron chi connectivity index (χ4n) is 3.15. The van der Waals surface area contributed by atoms with Gasteiger partial charge < -0.3 is 15.5 Å². The number of hydrogen-bond acceptors (Lipinski definition) is 5. The van der Waals surface area contributed by atoms with E-state index >= 15 is 0 Å². The molecular formula is C20H21Cl2FN4O4S. The molecule has 0 aromatic heterocycles. The average Bonchev–Trinajstić information content (AvgIpc) is 2.75. The Kier molecular flexibility index (Phi) is 7.60. The van der Waals surface area contributed by atoms with Crippen LogP contribution in [0.1, 0.15) is 6.92 Å². The van der Waals surface area contributed by atoms with Gasteiger partial charge in [-0.25, -0.2) is 12.8 Å². The molecule has 1 aliphatic rings. The maximum atomic E-state index is 13.2. The monoisotopic (exact) mass is 502 g/mol. The molecule has 8 nitrogen and oxygen atoms in total. The molecule has 172 valence electrons. The van der Waals surface area contributed by atoms with Gasteiger partial charge in [0.15, 0.2) is 0 Å². The van der Waals surface area contributed by atoms with Crippen molar-refractivity contribution in [3.8, 4) is 0 Å². The smallest absolute Gasteiger partial charge is 0.244 e. The number of piperazine rings is 1. The largest absolute Gasteiger partial charge is 0.376 e. The third-order valence-electron chi connectivity index (χ3n) is 4.89. The van der Waals surface area contributed by atoms with Gasteiger partial charge in [-0.2, -0.15) is 4.31 Å². The zero-order valence-corrected chi connectivity index (χ0v) is 19.4. The Labute approximate surface area is 195 Å². The summed E-state index contributed by atoms with van der Waals surface area (Å²) in [6.07, 6.45) is 0. The Morgan fingerprint density at radius 1 is 1.00 bits per heavy atom. The van der Waals surface area contributed by atoms with Crippen LogP contribution in [-0.2, 0) is 19.6 Å². The van der Waals surface area contributed by atoms with Crippen molar-refractivity contribution in [1.29, 1.82) is 0 Å². The number of benzene rings is 2. The fraction of sp³-hybridized carbons (Fsp3) is 0.300. The summed E-state index contributed by atoms with van der Waals surface area (Å²) in [6.45, 7) is 2.21. The van der Waals surface area contributed by atoms with E-state index in [9.17, 15) is 22.4 Å². The average molecular weight is 503 g/mol. The number of halogens is 3. The van der Waals surface area contributed by atoms with Gasteiger partial charge in [0.05, 0.1) is 16.6 Å². The number of nitrogens with one attached hydrogen (secondary N) is 2. The summed E-state index contributed by atoms with van der Waals surface area (Å²) in [4.78, 5) is 25.1. The summed E-state index contributed by atoms with van der Waals surface area (Å²) < 4.78 is 40.6. The number of rotatable bonds is 6. The topological polar surface area (TPSA) is 98.8 Å². The Bertz CT molecular complexity index is 1140. The molecule has 2 aromatic rings. The van der Waals surface area contributed by atoms with Crippen LogP contribution in [0.3, 0.4) is 0 Å². The lowest BCUT2D eigenvalue weighted by Gasteiger charge is -2.33. The number of nitrogens with zero attached hydrogens (tertiary/aromatic N) is 2. The lowest BCUT2D eigenvalue weighted by molar-refractivity contribution is -0.130. The quantitative estimate of drug-likeness (QED) is 0.632. The second kappa shape index (κ2) is 10.0. The van der Waals surface area contributed by atoms with Crippen LogP contribution in [0.25, 0.3) is 0 Å². The molecule has 0 bridgehead atoms. The molecule has 1 fully saturated rings. The zero-order chi connectivity index (χ0) is 23.5. The van der Waals surface area contributed by atoms with E-state index in [1.54, 1.807) is 11.0 Å². The predicted molar refractivity (Wildman–Crippen MR) is 121 cm³/mol. The third-order valence-corrected chi connectivity index (χ3v) is 7.56. The van der Waals surface area contributed by atoms with Gasteiger partial charge in [0, 0.05) is 44.5 Å². The van der Waals surface area contributed by atoms with Crippen LogP contribution in [-0.4, -0.2) is 62.2 Å². The highest BCUT2D eigenvalue weighted by atomic mass is 35.5. The van der Waals surface area contributed by atoms with E-state index in [1.807, 2.05) is 0 Å². The second-order valence-electron chi connectivity index (χ2n) is 7.09. The molecule has 0 radical (unpaired) electrons. The normalized spacial score (nSPS) is 14.8. The summed E-state index contributed by atoms with van der Waals surface area (Å²) in [7, 11) is -3.89. The first-order valence-electron chi connectivity index (χ1n) is 9.62. The molecule has 0 atom stereocenters. The summed E-state index contributed by atoms with van der Waals surface area (Å²) in [5.74, 6) is -1.14. The van der Waals surface area contributed by atoms with Crippen LogP contribution in [0.5, 0.6) is 0 Å². The van der Waals surface area contributed by atoms with Crippen molar-refractivity contribution >= 4 is 56.4 Å². The molecule has 12 heteroatoms. The molecule has 1 aliphatic heterocycles. The van der Waals surface area contributed by atoms with E-state index in [2.05, 4.69) is 10.6 Å². The van der Waals surface area contributed by atoms with Crippen LogP contribution < -0.4 is 10.6 Å². The number of amides is 2. The van der Waals surface area contributed by atoms with Crippen LogP contribution >= 0.6 is 23.2 Å². The van der Waals surface area contributed by atoms with Crippen LogP contribution in [0.2, 0.25) is 10.0 Å². The first-order chi connectivity index (χ1) is 15.1. The maximum Gasteiger partial charge on any atom is 0.244 e. The molecule has 1 saturated heterocycles. The van der Waals surface area contributed by atoms with E-state index in [4.69, 9.17) is 23.2 Å². The minimum Gasteiger partial charge on any atom is -0.376 e. The third kappa shape index (κ3) is 5.69. The first-order valence-corrected chi connectivity index (χ1v) is 11.8. The van der Waals surface area contributed by atoms with E-state index < -0.39 is 21.7 Å². The Balaban J connectivity index is 1.66. The maximum absolute atomic E-state index is 13.2. The molecule has 0 spiro atoms. The van der Waals surface area contributed by atoms with E-state index in [0.717, 1.165) is 6.07 Å². The van der Waals surface area contributed by atoms with Gasteiger partial charge in [0.25, 0.3) is 0 Å². The van der Waals surface area contributed by atoms with Crippen molar-refractivity contribution < 1.29 is 22.4 Å². The summed E-state index contributed by atoms with van der Waals surface area (Å²) in [6, 6.07) is 8.14. The van der Waals surface area contributed by atoms with Crippen molar-refractivity contribution in [2.45, 2.75) is 11.8 Å². The minimum absolute atomic E-state index is 0.0509. The van der Waals surface area contributed by atoms with Crippen LogP contribution in [0.15, 0.2) is 41.3 Å². The van der Waals surface area contributed by atoms with Crippen LogP contribution in [0, 0.1) is 5.82 Å². The minimum atomic E-state index is -3.89. The first kappa shape index (κ1) is 24.2. The Morgan fingerprint density at radius 3 is 2.28 bits per heavy atom. The zero-order valence-electron chi connectivity index (χ0n) is 17.1. The highest BCUT2D eigenvalue weighted by Crippen LogP contribution is 2.28. The molecule has 0 saturated carbocycles. The van der Waals surface area contributed by atoms with Crippen molar-refractivity contribution in [3.05, 3.63) is 52.3 Å². The molecule has 2 amide bonds. The SMILES string of the molecule is CC(=O)N1CCN(S(=O)(=O)c2cc(NCC(=O)Nc3ccc(F)c(Cl)c3)ccc2Cl)CC1. The van der Waals surface area contributed by atoms with Crippen molar-refractivity contribution in [2.24, 2.45) is 0 Å². The van der Waals surface area contributed by atoms with Crippen LogP contribution in [0.4, 0.5) is 15.8 Å². The molecule has 0 aliphatic carbocycles. The molecule has 1 heterocycles. The number of hydrogen-bond donors (Lipinski definition) is 2. The van der Waals surface area contributed by atoms with Crippen molar-refractivity contribution in [2.75, 3.05) is 43.4 Å². The number of carbonyl (C=O) groups is 2. The highest BCUT2D eigenvalue weighted by molar-refractivity contribution is 7.89. The van der Waals surface area contributed by atoms with E-state index in [-0.39, 0.29) is 40.5 Å². The van der Waals surface area contributed by atoms with Gasteiger partial charge in [-0.05, 0) is 36.4 Å². The van der Waals surface area contributed by atoms with Gasteiger partial charge in [0.2, 0.25) is 21.8 Å². The summed E-state index contributed by atoms with van der Waals surface area (Å²) in [5, 5.41) is 5.34. The standard InChI is InChI=1S/C20H21Cl2FN4O4S/c1-13(28)26-6-8-27(9-7-26)32(30,31)19-11-14(2-4-16(19)21)24-12-20(29)25-15-3-5-18(23)17(22)10-15/h2-5,10-11,24H,6-9,12H2,1H3,(H,25,29). The van der Waals surface area contributed by atoms with Gasteiger partial charge in [-0.15, -0.1) is 0 Å². The fourth-order valence-corrected chi connectivity index (χ4v) is 5.26. The van der Waals surface area contributed by atoms with E-state index in [0.29, 0.717) is 24.5 Å².